The van der Waals surface area contributed by atoms with Crippen LogP contribution in [0.15, 0.2) is 42.5 Å². The second kappa shape index (κ2) is 6.45. The summed E-state index contributed by atoms with van der Waals surface area (Å²) in [6, 6.07) is 14.0. The van der Waals surface area contributed by atoms with Crippen molar-refractivity contribution < 1.29 is 9.53 Å². The molecule has 3 nitrogen and oxygen atoms in total. The summed E-state index contributed by atoms with van der Waals surface area (Å²) in [6.45, 7) is 4.03. The van der Waals surface area contributed by atoms with Gasteiger partial charge in [0.1, 0.15) is 5.75 Å². The number of amides is 1. The van der Waals surface area contributed by atoms with E-state index in [1.165, 1.54) is 18.4 Å². The summed E-state index contributed by atoms with van der Waals surface area (Å²) in [7, 11) is 1.66. The van der Waals surface area contributed by atoms with Gasteiger partial charge in [0.15, 0.2) is 0 Å². The number of nitrogens with one attached hydrogen (secondary N) is 1. The molecule has 1 amide bonds. The van der Waals surface area contributed by atoms with E-state index in [2.05, 4.69) is 11.4 Å². The van der Waals surface area contributed by atoms with Gasteiger partial charge in [0.2, 0.25) is 0 Å². The molecule has 2 aromatic carbocycles. The van der Waals surface area contributed by atoms with Gasteiger partial charge in [-0.1, -0.05) is 29.8 Å². The first-order valence-electron chi connectivity index (χ1n) is 8.10. The summed E-state index contributed by atoms with van der Waals surface area (Å²) in [6.07, 6.45) is 2.34. The highest BCUT2D eigenvalue weighted by Gasteiger charge is 2.33. The van der Waals surface area contributed by atoms with Crippen LogP contribution in [0.25, 0.3) is 0 Å². The zero-order chi connectivity index (χ0) is 16.4. The van der Waals surface area contributed by atoms with Gasteiger partial charge in [0, 0.05) is 5.56 Å². The smallest absolute Gasteiger partial charge is 0.252 e. The van der Waals surface area contributed by atoms with Crippen molar-refractivity contribution >= 4 is 5.91 Å². The van der Waals surface area contributed by atoms with Crippen molar-refractivity contribution in [2.45, 2.75) is 32.7 Å². The van der Waals surface area contributed by atoms with Crippen LogP contribution in [0.4, 0.5) is 0 Å². The summed E-state index contributed by atoms with van der Waals surface area (Å²) in [5.41, 5.74) is 4.10. The molecule has 1 N–H and O–H groups in total. The van der Waals surface area contributed by atoms with Crippen molar-refractivity contribution in [3.8, 4) is 5.75 Å². The Morgan fingerprint density at radius 3 is 2.39 bits per heavy atom. The Kier molecular flexibility index (Phi) is 4.37. The number of methoxy groups -OCH3 is 1. The molecule has 1 fully saturated rings. The van der Waals surface area contributed by atoms with E-state index in [1.807, 2.05) is 50.2 Å². The van der Waals surface area contributed by atoms with Crippen molar-refractivity contribution in [3.63, 3.8) is 0 Å². The molecule has 1 aliphatic carbocycles. The van der Waals surface area contributed by atoms with E-state index >= 15 is 0 Å². The molecule has 0 heterocycles. The minimum absolute atomic E-state index is 0.00946. The Labute approximate surface area is 137 Å². The lowest BCUT2D eigenvalue weighted by atomic mass is 10.00. The van der Waals surface area contributed by atoms with E-state index in [1.54, 1.807) is 7.11 Å². The summed E-state index contributed by atoms with van der Waals surface area (Å²) in [5.74, 6) is 1.39. The predicted octanol–water partition coefficient (Wildman–Crippen LogP) is 4.19. The molecule has 120 valence electrons. The van der Waals surface area contributed by atoms with E-state index in [0.29, 0.717) is 5.92 Å². The zero-order valence-corrected chi connectivity index (χ0v) is 13.9. The minimum atomic E-state index is 0.00946. The van der Waals surface area contributed by atoms with Crippen LogP contribution < -0.4 is 10.1 Å². The number of aryl methyl sites for hydroxylation is 2. The van der Waals surface area contributed by atoms with Crippen molar-refractivity contribution in [2.24, 2.45) is 5.92 Å². The summed E-state index contributed by atoms with van der Waals surface area (Å²) in [5, 5.41) is 3.23. The third kappa shape index (κ3) is 3.55. The molecule has 3 rings (SSSR count). The Bertz CT molecular complexity index is 702. The molecular formula is C20H23NO2. The van der Waals surface area contributed by atoms with E-state index in [-0.39, 0.29) is 11.9 Å². The Balaban J connectivity index is 1.80. The number of ether oxygens (including phenoxy) is 1. The van der Waals surface area contributed by atoms with Crippen LogP contribution in [0.1, 0.15) is 45.9 Å². The second-order valence-corrected chi connectivity index (χ2v) is 6.38. The molecule has 2 aromatic rings. The third-order valence-electron chi connectivity index (χ3n) is 4.48. The third-order valence-corrected chi connectivity index (χ3v) is 4.48. The standard InChI is InChI=1S/C20H23NO2/c1-13-4-11-18(14(2)12-13)20(22)21-19(15-5-6-15)16-7-9-17(23-3)10-8-16/h4,7-12,15,19H,5-6H2,1-3H3,(H,21,22). The molecule has 3 heteroatoms. The van der Waals surface area contributed by atoms with Crippen molar-refractivity contribution in [1.29, 1.82) is 0 Å². The largest absolute Gasteiger partial charge is 0.497 e. The highest BCUT2D eigenvalue weighted by atomic mass is 16.5. The summed E-state index contributed by atoms with van der Waals surface area (Å²) >= 11 is 0. The molecule has 0 aliphatic heterocycles. The lowest BCUT2D eigenvalue weighted by molar-refractivity contribution is 0.0931. The number of rotatable bonds is 5. The van der Waals surface area contributed by atoms with Crippen LogP contribution in [0.5, 0.6) is 5.75 Å². The molecule has 23 heavy (non-hydrogen) atoms. The van der Waals surface area contributed by atoms with Gasteiger partial charge in [-0.15, -0.1) is 0 Å². The van der Waals surface area contributed by atoms with Gasteiger partial charge in [-0.3, -0.25) is 4.79 Å². The van der Waals surface area contributed by atoms with Crippen LogP contribution in [-0.4, -0.2) is 13.0 Å². The number of carbonyl (C=O) groups is 1. The lowest BCUT2D eigenvalue weighted by Crippen LogP contribution is -2.30. The van der Waals surface area contributed by atoms with Gasteiger partial charge in [0.25, 0.3) is 5.91 Å². The number of carbonyl (C=O) groups excluding carboxylic acids is 1. The molecule has 0 aromatic heterocycles. The van der Waals surface area contributed by atoms with Crippen LogP contribution in [0.2, 0.25) is 0 Å². The zero-order valence-electron chi connectivity index (χ0n) is 13.9. The second-order valence-electron chi connectivity index (χ2n) is 6.38. The quantitative estimate of drug-likeness (QED) is 0.899. The molecule has 0 bridgehead atoms. The molecule has 1 unspecified atom stereocenters. The molecular weight excluding hydrogens is 286 g/mol. The first-order valence-corrected chi connectivity index (χ1v) is 8.10. The van der Waals surface area contributed by atoms with Gasteiger partial charge < -0.3 is 10.1 Å². The topological polar surface area (TPSA) is 38.3 Å². The molecule has 1 atom stereocenters. The first-order chi connectivity index (χ1) is 11.1. The van der Waals surface area contributed by atoms with Gasteiger partial charge in [0.05, 0.1) is 13.2 Å². The number of benzene rings is 2. The minimum Gasteiger partial charge on any atom is -0.497 e. The molecule has 1 saturated carbocycles. The monoisotopic (exact) mass is 309 g/mol. The highest BCUT2D eigenvalue weighted by molar-refractivity contribution is 5.96. The Morgan fingerprint density at radius 2 is 1.83 bits per heavy atom. The molecule has 0 radical (unpaired) electrons. The normalized spacial score (nSPS) is 15.1. The maximum Gasteiger partial charge on any atom is 0.252 e. The van der Waals surface area contributed by atoms with E-state index in [9.17, 15) is 4.79 Å². The fourth-order valence-corrected chi connectivity index (χ4v) is 3.00. The summed E-state index contributed by atoms with van der Waals surface area (Å²) in [4.78, 5) is 12.7. The van der Waals surface area contributed by atoms with Crippen molar-refractivity contribution in [3.05, 3.63) is 64.7 Å². The first kappa shape index (κ1) is 15.6. The van der Waals surface area contributed by atoms with Gasteiger partial charge in [-0.25, -0.2) is 0 Å². The van der Waals surface area contributed by atoms with Crippen LogP contribution >= 0.6 is 0 Å². The van der Waals surface area contributed by atoms with Crippen LogP contribution in [-0.2, 0) is 0 Å². The molecule has 0 spiro atoms. The number of hydrogen-bond donors (Lipinski definition) is 1. The van der Waals surface area contributed by atoms with Gasteiger partial charge in [-0.05, 0) is 61.9 Å². The van der Waals surface area contributed by atoms with Crippen molar-refractivity contribution in [2.75, 3.05) is 7.11 Å². The van der Waals surface area contributed by atoms with Crippen LogP contribution in [0.3, 0.4) is 0 Å². The maximum absolute atomic E-state index is 12.7. The average Bonchev–Trinajstić information content (AvgIpc) is 3.37. The van der Waals surface area contributed by atoms with Crippen molar-refractivity contribution in [1.82, 2.24) is 5.32 Å². The van der Waals surface area contributed by atoms with Gasteiger partial charge in [-0.2, -0.15) is 0 Å². The lowest BCUT2D eigenvalue weighted by Gasteiger charge is -2.20. The Hall–Kier alpha value is -2.29. The SMILES string of the molecule is COc1ccc(C(NC(=O)c2ccc(C)cc2C)C2CC2)cc1. The summed E-state index contributed by atoms with van der Waals surface area (Å²) < 4.78 is 5.22. The average molecular weight is 309 g/mol. The fraction of sp³-hybridized carbons (Fsp3) is 0.350. The van der Waals surface area contributed by atoms with E-state index in [0.717, 1.165) is 22.4 Å². The Morgan fingerprint density at radius 1 is 1.13 bits per heavy atom. The highest BCUT2D eigenvalue weighted by Crippen LogP contribution is 2.41. The van der Waals surface area contributed by atoms with E-state index in [4.69, 9.17) is 4.74 Å². The van der Waals surface area contributed by atoms with E-state index < -0.39 is 0 Å². The molecule has 1 aliphatic rings. The predicted molar refractivity (Wildman–Crippen MR) is 91.8 cm³/mol. The maximum atomic E-state index is 12.7. The van der Waals surface area contributed by atoms with Gasteiger partial charge >= 0.3 is 0 Å². The number of hydrogen-bond acceptors (Lipinski definition) is 2. The fourth-order valence-electron chi connectivity index (χ4n) is 3.00. The van der Waals surface area contributed by atoms with Crippen LogP contribution in [0, 0.1) is 19.8 Å². The molecule has 0 saturated heterocycles.